The molecule has 3 nitrogen and oxygen atoms in total. The highest BCUT2D eigenvalue weighted by molar-refractivity contribution is 7.13. The van der Waals surface area contributed by atoms with Gasteiger partial charge in [0, 0.05) is 12.1 Å². The average Bonchev–Trinajstić information content (AvgIpc) is 2.14. The molecule has 0 saturated heterocycles. The molecule has 0 unspecified atom stereocenters. The van der Waals surface area contributed by atoms with Crippen LogP contribution < -0.4 is 5.43 Å². The van der Waals surface area contributed by atoms with Gasteiger partial charge in [0.25, 0.3) is 0 Å². The molecule has 0 aliphatic carbocycles. The summed E-state index contributed by atoms with van der Waals surface area (Å²) < 4.78 is 40.9. The van der Waals surface area contributed by atoms with Gasteiger partial charge in [-0.2, -0.15) is 13.2 Å². The van der Waals surface area contributed by atoms with E-state index in [4.69, 9.17) is 0 Å². The van der Waals surface area contributed by atoms with Crippen molar-refractivity contribution in [3.8, 4) is 0 Å². The predicted octanol–water partition coefficient (Wildman–Crippen LogP) is 1.91. The van der Waals surface area contributed by atoms with E-state index in [1.807, 2.05) is 0 Å². The SMILES string of the molecule is COC(=O)c1cc(=O)cc(C(F)(F)F)s1. The lowest BCUT2D eigenvalue weighted by Crippen LogP contribution is -2.12. The van der Waals surface area contributed by atoms with E-state index in [0.717, 1.165) is 13.2 Å². The van der Waals surface area contributed by atoms with Crippen LogP contribution in [0, 0.1) is 0 Å². The van der Waals surface area contributed by atoms with Crippen LogP contribution in [-0.2, 0) is 10.9 Å². The fourth-order valence-corrected chi connectivity index (χ4v) is 1.69. The maximum absolute atomic E-state index is 12.2. The van der Waals surface area contributed by atoms with Crippen molar-refractivity contribution in [3.63, 3.8) is 0 Å². The fourth-order valence-electron chi connectivity index (χ4n) is 0.818. The van der Waals surface area contributed by atoms with E-state index >= 15 is 0 Å². The van der Waals surface area contributed by atoms with E-state index in [1.165, 1.54) is 0 Å². The van der Waals surface area contributed by atoms with E-state index in [-0.39, 0.29) is 16.2 Å². The zero-order valence-electron chi connectivity index (χ0n) is 7.42. The van der Waals surface area contributed by atoms with Crippen LogP contribution in [0.4, 0.5) is 13.2 Å². The van der Waals surface area contributed by atoms with Crippen LogP contribution in [0.2, 0.25) is 0 Å². The topological polar surface area (TPSA) is 43.4 Å². The van der Waals surface area contributed by atoms with Crippen LogP contribution in [0.3, 0.4) is 0 Å². The largest absolute Gasteiger partial charge is 0.465 e. The van der Waals surface area contributed by atoms with E-state index in [1.54, 1.807) is 0 Å². The van der Waals surface area contributed by atoms with Crippen molar-refractivity contribution in [2.45, 2.75) is 6.18 Å². The quantitative estimate of drug-likeness (QED) is 0.702. The number of esters is 1. The molecule has 0 aliphatic heterocycles. The Labute approximate surface area is 86.1 Å². The second-order valence-electron chi connectivity index (χ2n) is 2.51. The number of halogens is 3. The first kappa shape index (κ1) is 11.7. The van der Waals surface area contributed by atoms with Crippen molar-refractivity contribution >= 4 is 17.3 Å². The molecule has 0 spiro atoms. The summed E-state index contributed by atoms with van der Waals surface area (Å²) in [6, 6.07) is 1.25. The monoisotopic (exact) mass is 238 g/mol. The molecule has 1 heterocycles. The zero-order chi connectivity index (χ0) is 11.6. The van der Waals surface area contributed by atoms with E-state index in [2.05, 4.69) is 4.74 Å². The van der Waals surface area contributed by atoms with E-state index < -0.39 is 22.5 Å². The molecular weight excluding hydrogens is 233 g/mol. The Morgan fingerprint density at radius 3 is 2.47 bits per heavy atom. The first-order valence-corrected chi connectivity index (χ1v) is 4.47. The summed E-state index contributed by atoms with van der Waals surface area (Å²) in [5.74, 6) is -0.955. The standard InChI is InChI=1S/C8H5F3O3S/c1-14-7(13)5-2-4(12)3-6(15-5)8(9,10)11/h2-3H,1H3. The maximum atomic E-state index is 12.2. The molecular formula is C8H5F3O3S. The Bertz CT molecular complexity index is 435. The number of hydrogen-bond acceptors (Lipinski definition) is 4. The fraction of sp³-hybridized carbons (Fsp3) is 0.250. The summed E-state index contributed by atoms with van der Waals surface area (Å²) in [7, 11) is 1.03. The molecule has 15 heavy (non-hydrogen) atoms. The lowest BCUT2D eigenvalue weighted by Gasteiger charge is -2.05. The Balaban J connectivity index is 3.29. The van der Waals surface area contributed by atoms with E-state index in [0.29, 0.717) is 6.07 Å². The minimum absolute atomic E-state index is 0.177. The van der Waals surface area contributed by atoms with Crippen molar-refractivity contribution < 1.29 is 22.7 Å². The van der Waals surface area contributed by atoms with Crippen molar-refractivity contribution in [3.05, 3.63) is 32.1 Å². The first-order chi connectivity index (χ1) is 6.84. The molecule has 1 rings (SSSR count). The van der Waals surface area contributed by atoms with Gasteiger partial charge >= 0.3 is 12.1 Å². The van der Waals surface area contributed by atoms with Crippen LogP contribution in [0.25, 0.3) is 0 Å². The van der Waals surface area contributed by atoms with Crippen LogP contribution in [0.1, 0.15) is 14.5 Å². The summed E-state index contributed by atoms with van der Waals surface area (Å²) in [6.07, 6.45) is -4.63. The van der Waals surface area contributed by atoms with Gasteiger partial charge in [-0.1, -0.05) is 0 Å². The number of hydrogen-bond donors (Lipinski definition) is 0. The third kappa shape index (κ3) is 2.79. The first-order valence-electron chi connectivity index (χ1n) is 3.65. The average molecular weight is 238 g/mol. The van der Waals surface area contributed by atoms with Gasteiger partial charge in [0.1, 0.15) is 9.75 Å². The molecule has 7 heteroatoms. The van der Waals surface area contributed by atoms with Gasteiger partial charge < -0.3 is 4.74 Å². The highest BCUT2D eigenvalue weighted by Crippen LogP contribution is 2.32. The molecule has 0 fully saturated rings. The Morgan fingerprint density at radius 2 is 2.00 bits per heavy atom. The molecule has 0 atom stereocenters. The highest BCUT2D eigenvalue weighted by Gasteiger charge is 2.33. The molecule has 0 radical (unpaired) electrons. The van der Waals surface area contributed by atoms with Gasteiger partial charge in [-0.05, 0) is 0 Å². The third-order valence-corrected chi connectivity index (χ3v) is 2.51. The number of ether oxygens (including phenoxy) is 1. The maximum Gasteiger partial charge on any atom is 0.425 e. The Morgan fingerprint density at radius 1 is 1.40 bits per heavy atom. The van der Waals surface area contributed by atoms with Crippen molar-refractivity contribution in [2.75, 3.05) is 7.11 Å². The minimum atomic E-state index is -4.63. The van der Waals surface area contributed by atoms with E-state index in [9.17, 15) is 22.8 Å². The molecule has 1 aromatic heterocycles. The number of methoxy groups -OCH3 is 1. The van der Waals surface area contributed by atoms with Crippen molar-refractivity contribution in [2.24, 2.45) is 0 Å². The highest BCUT2D eigenvalue weighted by atomic mass is 32.1. The molecule has 0 N–H and O–H groups in total. The summed E-state index contributed by atoms with van der Waals surface area (Å²) in [5, 5.41) is 0. The van der Waals surface area contributed by atoms with Gasteiger partial charge in [-0.15, -0.1) is 11.3 Å². The Hall–Kier alpha value is -1.37. The van der Waals surface area contributed by atoms with Crippen molar-refractivity contribution in [1.82, 2.24) is 0 Å². The molecule has 0 saturated carbocycles. The van der Waals surface area contributed by atoms with Gasteiger partial charge in [0.15, 0.2) is 5.43 Å². The number of carbonyl (C=O) groups is 1. The second-order valence-corrected chi connectivity index (χ2v) is 3.59. The summed E-state index contributed by atoms with van der Waals surface area (Å²) in [6.45, 7) is 0. The lowest BCUT2D eigenvalue weighted by molar-refractivity contribution is -0.134. The van der Waals surface area contributed by atoms with Crippen LogP contribution in [-0.4, -0.2) is 13.1 Å². The number of alkyl halides is 3. The predicted molar refractivity (Wildman–Crippen MR) is 46.9 cm³/mol. The molecule has 0 amide bonds. The van der Waals surface area contributed by atoms with Gasteiger partial charge in [0.05, 0.1) is 7.11 Å². The summed E-state index contributed by atoms with van der Waals surface area (Å²) in [5.41, 5.74) is -0.874. The molecule has 1 aromatic rings. The van der Waals surface area contributed by atoms with Gasteiger partial charge in [0.2, 0.25) is 0 Å². The Kier molecular flexibility index (Phi) is 3.13. The van der Waals surface area contributed by atoms with Gasteiger partial charge in [-0.3, -0.25) is 4.79 Å². The van der Waals surface area contributed by atoms with Crippen LogP contribution in [0.5, 0.6) is 0 Å². The lowest BCUT2D eigenvalue weighted by atomic mass is 10.4. The summed E-state index contributed by atoms with van der Waals surface area (Å²) in [4.78, 5) is 20.3. The zero-order valence-corrected chi connectivity index (χ0v) is 8.24. The molecule has 0 aromatic carbocycles. The minimum Gasteiger partial charge on any atom is -0.465 e. The van der Waals surface area contributed by atoms with Crippen LogP contribution in [0.15, 0.2) is 16.9 Å². The summed E-state index contributed by atoms with van der Waals surface area (Å²) >= 11 is 0.177. The molecule has 0 aliphatic rings. The smallest absolute Gasteiger partial charge is 0.425 e. The van der Waals surface area contributed by atoms with Crippen LogP contribution >= 0.6 is 11.3 Å². The number of rotatable bonds is 1. The molecule has 82 valence electrons. The molecule has 0 bridgehead atoms. The third-order valence-electron chi connectivity index (χ3n) is 1.43. The normalized spacial score (nSPS) is 11.2. The van der Waals surface area contributed by atoms with Gasteiger partial charge in [-0.25, -0.2) is 4.79 Å². The number of carbonyl (C=O) groups excluding carboxylic acids is 1. The second kappa shape index (κ2) is 4.01. The van der Waals surface area contributed by atoms with Crippen molar-refractivity contribution in [1.29, 1.82) is 0 Å².